The summed E-state index contributed by atoms with van der Waals surface area (Å²) in [4.78, 5) is 1.87. The molecule has 1 saturated heterocycles. The molecule has 0 bridgehead atoms. The quantitative estimate of drug-likeness (QED) is 0.234. The standard InChI is InChI=1S/C7H12N3O/c1-6(8)10-4-2-7(9-11)3-5-10/h8,11H,1-5H2. The summed E-state index contributed by atoms with van der Waals surface area (Å²) in [6, 6.07) is 0. The molecule has 0 atom stereocenters. The molecule has 1 rings (SSSR count). The normalized spacial score (nSPS) is 18.3. The number of amidine groups is 1. The van der Waals surface area contributed by atoms with Gasteiger partial charge in [-0.3, -0.25) is 5.41 Å². The minimum atomic E-state index is 0.349. The van der Waals surface area contributed by atoms with Crippen LogP contribution in [0, 0.1) is 12.3 Å². The fraction of sp³-hybridized carbons (Fsp3) is 0.571. The minimum Gasteiger partial charge on any atom is -0.411 e. The molecule has 0 aromatic heterocycles. The Kier molecular flexibility index (Phi) is 2.46. The van der Waals surface area contributed by atoms with E-state index in [-0.39, 0.29) is 0 Å². The third-order valence-electron chi connectivity index (χ3n) is 1.86. The van der Waals surface area contributed by atoms with Crippen molar-refractivity contribution in [3.05, 3.63) is 6.92 Å². The molecular weight excluding hydrogens is 142 g/mol. The first-order chi connectivity index (χ1) is 5.24. The van der Waals surface area contributed by atoms with E-state index in [1.54, 1.807) is 0 Å². The third-order valence-corrected chi connectivity index (χ3v) is 1.86. The Labute approximate surface area is 66.0 Å². The fourth-order valence-corrected chi connectivity index (χ4v) is 1.13. The number of likely N-dealkylation sites (tertiary alicyclic amines) is 1. The molecule has 0 spiro atoms. The zero-order valence-electron chi connectivity index (χ0n) is 6.38. The summed E-state index contributed by atoms with van der Waals surface area (Å²) in [7, 11) is 0. The Hall–Kier alpha value is -1.06. The maximum atomic E-state index is 8.42. The zero-order chi connectivity index (χ0) is 8.27. The highest BCUT2D eigenvalue weighted by molar-refractivity contribution is 5.89. The summed E-state index contributed by atoms with van der Waals surface area (Å²) in [5.41, 5.74) is 0.822. The zero-order valence-corrected chi connectivity index (χ0v) is 6.38. The second-order valence-corrected chi connectivity index (χ2v) is 2.60. The van der Waals surface area contributed by atoms with Crippen LogP contribution in [0.25, 0.3) is 0 Å². The van der Waals surface area contributed by atoms with Crippen molar-refractivity contribution in [1.29, 1.82) is 5.41 Å². The van der Waals surface area contributed by atoms with Crippen LogP contribution in [0.2, 0.25) is 0 Å². The lowest BCUT2D eigenvalue weighted by Crippen LogP contribution is -2.36. The molecule has 4 nitrogen and oxygen atoms in total. The van der Waals surface area contributed by atoms with Gasteiger partial charge in [-0.2, -0.15) is 0 Å². The third kappa shape index (κ3) is 1.93. The smallest absolute Gasteiger partial charge is 0.0962 e. The summed E-state index contributed by atoms with van der Waals surface area (Å²) in [5.74, 6) is 0.349. The molecule has 1 aliphatic rings. The first kappa shape index (κ1) is 8.04. The lowest BCUT2D eigenvalue weighted by atomic mass is 10.1. The van der Waals surface area contributed by atoms with Gasteiger partial charge in [0.2, 0.25) is 0 Å². The Morgan fingerprint density at radius 1 is 1.55 bits per heavy atom. The Balaban J connectivity index is 2.42. The van der Waals surface area contributed by atoms with E-state index < -0.39 is 0 Å². The van der Waals surface area contributed by atoms with E-state index >= 15 is 0 Å². The van der Waals surface area contributed by atoms with Gasteiger partial charge in [0, 0.05) is 32.9 Å². The van der Waals surface area contributed by atoms with Gasteiger partial charge in [-0.25, -0.2) is 0 Å². The van der Waals surface area contributed by atoms with Crippen LogP contribution in [-0.2, 0) is 0 Å². The lowest BCUT2D eigenvalue weighted by Gasteiger charge is -2.27. The van der Waals surface area contributed by atoms with Crippen molar-refractivity contribution >= 4 is 11.5 Å². The molecule has 11 heavy (non-hydrogen) atoms. The van der Waals surface area contributed by atoms with E-state index in [0.29, 0.717) is 5.84 Å². The molecule has 0 saturated carbocycles. The largest absolute Gasteiger partial charge is 0.411 e. The highest BCUT2D eigenvalue weighted by atomic mass is 16.4. The number of nitrogens with zero attached hydrogens (tertiary/aromatic N) is 2. The Morgan fingerprint density at radius 2 is 2.09 bits per heavy atom. The van der Waals surface area contributed by atoms with E-state index in [2.05, 4.69) is 12.1 Å². The summed E-state index contributed by atoms with van der Waals surface area (Å²) in [6.45, 7) is 5.02. The first-order valence-corrected chi connectivity index (χ1v) is 3.59. The average Bonchev–Trinajstić information content (AvgIpc) is 2.05. The van der Waals surface area contributed by atoms with Gasteiger partial charge in [-0.1, -0.05) is 5.16 Å². The molecule has 0 amide bonds. The molecule has 0 aromatic carbocycles. The van der Waals surface area contributed by atoms with Crippen LogP contribution in [0.15, 0.2) is 5.16 Å². The molecule has 1 fully saturated rings. The predicted molar refractivity (Wildman–Crippen MR) is 43.1 cm³/mol. The fourth-order valence-electron chi connectivity index (χ4n) is 1.13. The van der Waals surface area contributed by atoms with Gasteiger partial charge in [0.25, 0.3) is 0 Å². The molecule has 0 aromatic rings. The van der Waals surface area contributed by atoms with Gasteiger partial charge in [0.05, 0.1) is 11.5 Å². The number of hydrogen-bond donors (Lipinski definition) is 2. The maximum absolute atomic E-state index is 8.42. The van der Waals surface area contributed by atoms with Crippen molar-refractivity contribution in [2.24, 2.45) is 5.16 Å². The van der Waals surface area contributed by atoms with Crippen molar-refractivity contribution in [3.8, 4) is 0 Å². The highest BCUT2D eigenvalue weighted by Gasteiger charge is 2.14. The molecule has 0 unspecified atom stereocenters. The second-order valence-electron chi connectivity index (χ2n) is 2.60. The van der Waals surface area contributed by atoms with Crippen molar-refractivity contribution in [2.75, 3.05) is 13.1 Å². The van der Waals surface area contributed by atoms with Crippen LogP contribution in [0.4, 0.5) is 0 Å². The van der Waals surface area contributed by atoms with Crippen LogP contribution < -0.4 is 0 Å². The van der Waals surface area contributed by atoms with Crippen LogP contribution in [0.3, 0.4) is 0 Å². The molecule has 1 heterocycles. The highest BCUT2D eigenvalue weighted by Crippen LogP contribution is 2.06. The molecule has 61 valence electrons. The Bertz CT molecular complexity index is 178. The number of nitrogens with one attached hydrogen (secondary N) is 1. The SMILES string of the molecule is [CH2]C(=N)N1CCC(=NO)CC1. The predicted octanol–water partition coefficient (Wildman–Crippen LogP) is 0.724. The summed E-state index contributed by atoms with van der Waals surface area (Å²) < 4.78 is 0. The number of rotatable bonds is 0. The molecular formula is C7H12N3O. The van der Waals surface area contributed by atoms with Crippen molar-refractivity contribution in [1.82, 2.24) is 4.90 Å². The van der Waals surface area contributed by atoms with Crippen molar-refractivity contribution in [2.45, 2.75) is 12.8 Å². The van der Waals surface area contributed by atoms with E-state index in [9.17, 15) is 0 Å². The van der Waals surface area contributed by atoms with Gasteiger partial charge in [-0.05, 0) is 0 Å². The minimum absolute atomic E-state index is 0.349. The topological polar surface area (TPSA) is 59.7 Å². The molecule has 1 aliphatic heterocycles. The van der Waals surface area contributed by atoms with Crippen LogP contribution in [-0.4, -0.2) is 34.7 Å². The summed E-state index contributed by atoms with van der Waals surface area (Å²) in [5, 5.41) is 18.8. The van der Waals surface area contributed by atoms with Crippen molar-refractivity contribution in [3.63, 3.8) is 0 Å². The van der Waals surface area contributed by atoms with Crippen LogP contribution in [0.5, 0.6) is 0 Å². The molecule has 1 radical (unpaired) electrons. The Morgan fingerprint density at radius 3 is 2.45 bits per heavy atom. The number of hydrogen-bond acceptors (Lipinski definition) is 3. The molecule has 0 aliphatic carbocycles. The van der Waals surface area contributed by atoms with Gasteiger partial charge in [-0.15, -0.1) is 0 Å². The van der Waals surface area contributed by atoms with Gasteiger partial charge < -0.3 is 10.1 Å². The number of piperidine rings is 1. The second kappa shape index (κ2) is 3.37. The molecule has 2 N–H and O–H groups in total. The monoisotopic (exact) mass is 154 g/mol. The van der Waals surface area contributed by atoms with Gasteiger partial charge >= 0.3 is 0 Å². The van der Waals surface area contributed by atoms with Crippen molar-refractivity contribution < 1.29 is 5.21 Å². The summed E-state index contributed by atoms with van der Waals surface area (Å²) >= 11 is 0. The summed E-state index contributed by atoms with van der Waals surface area (Å²) in [6.07, 6.45) is 1.49. The van der Waals surface area contributed by atoms with E-state index in [4.69, 9.17) is 10.6 Å². The number of oxime groups is 1. The van der Waals surface area contributed by atoms with Crippen LogP contribution >= 0.6 is 0 Å². The van der Waals surface area contributed by atoms with Gasteiger partial charge in [0.15, 0.2) is 0 Å². The van der Waals surface area contributed by atoms with E-state index in [1.807, 2.05) is 4.90 Å². The lowest BCUT2D eigenvalue weighted by molar-refractivity contribution is 0.309. The maximum Gasteiger partial charge on any atom is 0.0962 e. The molecule has 4 heteroatoms. The van der Waals surface area contributed by atoms with E-state index in [1.165, 1.54) is 0 Å². The average molecular weight is 154 g/mol. The van der Waals surface area contributed by atoms with Gasteiger partial charge in [0.1, 0.15) is 0 Å². The van der Waals surface area contributed by atoms with E-state index in [0.717, 1.165) is 31.6 Å². The first-order valence-electron chi connectivity index (χ1n) is 3.59. The van der Waals surface area contributed by atoms with Crippen LogP contribution in [0.1, 0.15) is 12.8 Å².